The third-order valence-corrected chi connectivity index (χ3v) is 4.18. The van der Waals surface area contributed by atoms with Crippen LogP contribution in [0.5, 0.6) is 0 Å². The Kier molecular flexibility index (Phi) is 3.29. The fourth-order valence-corrected chi connectivity index (χ4v) is 2.81. The lowest BCUT2D eigenvalue weighted by atomic mass is 10.2. The normalized spacial score (nSPS) is 21.1. The van der Waals surface area contributed by atoms with Gasteiger partial charge in [0.25, 0.3) is 0 Å². The lowest BCUT2D eigenvalue weighted by Gasteiger charge is -1.97. The average molecular weight is 273 g/mol. The van der Waals surface area contributed by atoms with Crippen LogP contribution in [-0.2, 0) is 11.2 Å². The maximum atomic E-state index is 11.8. The standard InChI is InChI=1S/C14H15N3OS/c1-9-7-11(9)13(18)15-14-17-16-12(19-14)8-10-5-3-2-4-6-10/h2-6,9,11H,7-8H2,1H3,(H,15,17,18)/t9-,11-/m1/s1. The second-order valence-corrected chi connectivity index (χ2v) is 6.03. The van der Waals surface area contributed by atoms with Crippen molar-refractivity contribution in [3.8, 4) is 0 Å². The van der Waals surface area contributed by atoms with E-state index in [1.807, 2.05) is 18.2 Å². The van der Waals surface area contributed by atoms with Gasteiger partial charge >= 0.3 is 0 Å². The van der Waals surface area contributed by atoms with Crippen molar-refractivity contribution in [1.29, 1.82) is 0 Å². The highest BCUT2D eigenvalue weighted by atomic mass is 32.1. The predicted molar refractivity (Wildman–Crippen MR) is 75.1 cm³/mol. The van der Waals surface area contributed by atoms with E-state index in [1.54, 1.807) is 0 Å². The van der Waals surface area contributed by atoms with Crippen molar-refractivity contribution < 1.29 is 4.79 Å². The van der Waals surface area contributed by atoms with Crippen molar-refractivity contribution >= 4 is 22.4 Å². The first-order valence-electron chi connectivity index (χ1n) is 6.39. The van der Waals surface area contributed by atoms with Crippen LogP contribution in [-0.4, -0.2) is 16.1 Å². The molecule has 1 saturated carbocycles. The minimum Gasteiger partial charge on any atom is -0.300 e. The van der Waals surface area contributed by atoms with Gasteiger partial charge < -0.3 is 5.32 Å². The molecular formula is C14H15N3OS. The molecule has 0 saturated heterocycles. The highest BCUT2D eigenvalue weighted by Crippen LogP contribution is 2.38. The Labute approximate surface area is 115 Å². The smallest absolute Gasteiger partial charge is 0.229 e. The second-order valence-electron chi connectivity index (χ2n) is 4.97. The van der Waals surface area contributed by atoms with Crippen LogP contribution in [0.1, 0.15) is 23.9 Å². The molecule has 2 aromatic rings. The van der Waals surface area contributed by atoms with E-state index in [-0.39, 0.29) is 11.8 Å². The van der Waals surface area contributed by atoms with Crippen molar-refractivity contribution in [2.24, 2.45) is 11.8 Å². The molecule has 1 aromatic carbocycles. The monoisotopic (exact) mass is 273 g/mol. The molecule has 1 aromatic heterocycles. The Morgan fingerprint density at radius 1 is 1.37 bits per heavy atom. The van der Waals surface area contributed by atoms with Gasteiger partial charge in [0.2, 0.25) is 11.0 Å². The van der Waals surface area contributed by atoms with E-state index in [9.17, 15) is 4.79 Å². The number of anilines is 1. The van der Waals surface area contributed by atoms with Crippen molar-refractivity contribution in [2.45, 2.75) is 19.8 Å². The van der Waals surface area contributed by atoms with Gasteiger partial charge in [-0.1, -0.05) is 48.6 Å². The molecule has 0 aliphatic heterocycles. The number of benzene rings is 1. The van der Waals surface area contributed by atoms with E-state index >= 15 is 0 Å². The van der Waals surface area contributed by atoms with Crippen LogP contribution >= 0.6 is 11.3 Å². The van der Waals surface area contributed by atoms with Gasteiger partial charge in [-0.25, -0.2) is 0 Å². The molecule has 0 spiro atoms. The number of nitrogens with one attached hydrogen (secondary N) is 1. The molecule has 1 aliphatic rings. The van der Waals surface area contributed by atoms with Crippen molar-refractivity contribution in [3.63, 3.8) is 0 Å². The first-order chi connectivity index (χ1) is 9.22. The maximum absolute atomic E-state index is 11.8. The number of carbonyl (C=O) groups is 1. The zero-order valence-electron chi connectivity index (χ0n) is 10.7. The van der Waals surface area contributed by atoms with Gasteiger partial charge in [0, 0.05) is 12.3 Å². The van der Waals surface area contributed by atoms with Crippen LogP contribution in [0.2, 0.25) is 0 Å². The summed E-state index contributed by atoms with van der Waals surface area (Å²) in [7, 11) is 0. The third-order valence-electron chi connectivity index (χ3n) is 3.34. The summed E-state index contributed by atoms with van der Waals surface area (Å²) in [6.45, 7) is 2.09. The first-order valence-corrected chi connectivity index (χ1v) is 7.21. The van der Waals surface area contributed by atoms with Crippen LogP contribution in [0.4, 0.5) is 5.13 Å². The molecule has 1 heterocycles. The summed E-state index contributed by atoms with van der Waals surface area (Å²) in [6.07, 6.45) is 1.75. The summed E-state index contributed by atoms with van der Waals surface area (Å²) in [5, 5.41) is 12.5. The Hall–Kier alpha value is -1.75. The van der Waals surface area contributed by atoms with Gasteiger partial charge in [-0.2, -0.15) is 0 Å². The topological polar surface area (TPSA) is 54.9 Å². The van der Waals surface area contributed by atoms with Crippen LogP contribution < -0.4 is 5.32 Å². The second kappa shape index (κ2) is 5.09. The van der Waals surface area contributed by atoms with Crippen LogP contribution in [0.15, 0.2) is 30.3 Å². The molecule has 3 rings (SSSR count). The summed E-state index contributed by atoms with van der Waals surface area (Å²) in [6, 6.07) is 10.1. The number of rotatable bonds is 4. The molecule has 1 fully saturated rings. The zero-order chi connectivity index (χ0) is 13.2. The fourth-order valence-electron chi connectivity index (χ4n) is 2.03. The molecule has 0 bridgehead atoms. The van der Waals surface area contributed by atoms with Gasteiger partial charge in [0.05, 0.1) is 0 Å². The van der Waals surface area contributed by atoms with Crippen molar-refractivity contribution in [2.75, 3.05) is 5.32 Å². The Balaban J connectivity index is 1.62. The van der Waals surface area contributed by atoms with Gasteiger partial charge in [0.1, 0.15) is 5.01 Å². The van der Waals surface area contributed by atoms with E-state index in [0.29, 0.717) is 11.0 Å². The largest absolute Gasteiger partial charge is 0.300 e. The quantitative estimate of drug-likeness (QED) is 0.932. The fraction of sp³-hybridized carbons (Fsp3) is 0.357. The lowest BCUT2D eigenvalue weighted by Crippen LogP contribution is -2.14. The molecular weight excluding hydrogens is 258 g/mol. The molecule has 2 atom stereocenters. The number of aromatic nitrogens is 2. The molecule has 5 heteroatoms. The summed E-state index contributed by atoms with van der Waals surface area (Å²) in [5.41, 5.74) is 1.20. The Morgan fingerprint density at radius 3 is 2.79 bits per heavy atom. The number of amides is 1. The summed E-state index contributed by atoms with van der Waals surface area (Å²) < 4.78 is 0. The molecule has 0 unspecified atom stereocenters. The molecule has 4 nitrogen and oxygen atoms in total. The van der Waals surface area contributed by atoms with Gasteiger partial charge in [-0.15, -0.1) is 10.2 Å². The Bertz CT molecular complexity index is 581. The molecule has 19 heavy (non-hydrogen) atoms. The number of nitrogens with zero attached hydrogens (tertiary/aromatic N) is 2. The maximum Gasteiger partial charge on any atom is 0.229 e. The van der Waals surface area contributed by atoms with Gasteiger partial charge in [-0.05, 0) is 17.9 Å². The molecule has 1 aliphatic carbocycles. The van der Waals surface area contributed by atoms with Crippen LogP contribution in [0.25, 0.3) is 0 Å². The molecule has 0 radical (unpaired) electrons. The molecule has 1 amide bonds. The minimum absolute atomic E-state index is 0.0786. The van der Waals surface area contributed by atoms with E-state index in [4.69, 9.17) is 0 Å². The van der Waals surface area contributed by atoms with Gasteiger partial charge in [-0.3, -0.25) is 4.79 Å². The van der Waals surface area contributed by atoms with Crippen molar-refractivity contribution in [3.05, 3.63) is 40.9 Å². The molecule has 1 N–H and O–H groups in total. The summed E-state index contributed by atoms with van der Waals surface area (Å²) >= 11 is 1.45. The highest BCUT2D eigenvalue weighted by molar-refractivity contribution is 7.15. The van der Waals surface area contributed by atoms with Crippen LogP contribution in [0.3, 0.4) is 0 Å². The lowest BCUT2D eigenvalue weighted by molar-refractivity contribution is -0.117. The van der Waals surface area contributed by atoms with E-state index in [0.717, 1.165) is 17.8 Å². The summed E-state index contributed by atoms with van der Waals surface area (Å²) in [5.74, 6) is 0.757. The zero-order valence-corrected chi connectivity index (χ0v) is 11.5. The Morgan fingerprint density at radius 2 is 2.11 bits per heavy atom. The third kappa shape index (κ3) is 2.98. The van der Waals surface area contributed by atoms with E-state index < -0.39 is 0 Å². The minimum atomic E-state index is 0.0786. The molecule has 98 valence electrons. The number of carbonyl (C=O) groups excluding carboxylic acids is 1. The highest BCUT2D eigenvalue weighted by Gasteiger charge is 2.39. The average Bonchev–Trinajstić information content (AvgIpc) is 2.99. The SMILES string of the molecule is C[C@@H]1C[C@H]1C(=O)Nc1nnc(Cc2ccccc2)s1. The van der Waals surface area contributed by atoms with E-state index in [1.165, 1.54) is 16.9 Å². The number of hydrogen-bond acceptors (Lipinski definition) is 4. The van der Waals surface area contributed by atoms with Gasteiger partial charge in [0.15, 0.2) is 0 Å². The first kappa shape index (κ1) is 12.3. The predicted octanol–water partition coefficient (Wildman–Crippen LogP) is 2.72. The van der Waals surface area contributed by atoms with E-state index in [2.05, 4.69) is 34.6 Å². The van der Waals surface area contributed by atoms with Crippen molar-refractivity contribution in [1.82, 2.24) is 10.2 Å². The number of hydrogen-bond donors (Lipinski definition) is 1. The summed E-state index contributed by atoms with van der Waals surface area (Å²) in [4.78, 5) is 11.8. The van der Waals surface area contributed by atoms with Crippen LogP contribution in [0, 0.1) is 11.8 Å².